The van der Waals surface area contributed by atoms with Crippen molar-refractivity contribution in [2.24, 2.45) is 5.92 Å². The highest BCUT2D eigenvalue weighted by Gasteiger charge is 2.12. The van der Waals surface area contributed by atoms with E-state index in [9.17, 15) is 8.42 Å². The van der Waals surface area contributed by atoms with Crippen molar-refractivity contribution < 1.29 is 12.6 Å². The monoisotopic (exact) mass is 239 g/mol. The lowest BCUT2D eigenvalue weighted by molar-refractivity contribution is 0.285. The molecule has 0 saturated heterocycles. The molecule has 0 aromatic heterocycles. The first-order valence-corrected chi connectivity index (χ1v) is 6.61. The van der Waals surface area contributed by atoms with E-state index in [-0.39, 0.29) is 6.61 Å². The minimum absolute atomic E-state index is 0.0930. The summed E-state index contributed by atoms with van der Waals surface area (Å²) in [5, 5.41) is 8.86. The van der Waals surface area contributed by atoms with Gasteiger partial charge in [0, 0.05) is 0 Å². The molecule has 1 unspecified atom stereocenters. The van der Waals surface area contributed by atoms with Crippen LogP contribution in [0, 0.1) is 17.2 Å². The van der Waals surface area contributed by atoms with E-state index >= 15 is 0 Å². The fourth-order valence-electron chi connectivity index (χ4n) is 1.25. The van der Waals surface area contributed by atoms with Gasteiger partial charge in [-0.15, -0.1) is 0 Å². The van der Waals surface area contributed by atoms with Crippen molar-refractivity contribution in [3.8, 4) is 6.07 Å². The summed E-state index contributed by atoms with van der Waals surface area (Å²) in [7, 11) is -3.47. The second-order valence-corrected chi connectivity index (χ2v) is 5.15. The Morgan fingerprint density at radius 1 is 1.38 bits per heavy atom. The van der Waals surface area contributed by atoms with Gasteiger partial charge in [-0.05, 0) is 12.0 Å². The van der Waals surface area contributed by atoms with E-state index < -0.39 is 16.0 Å². The number of nitriles is 1. The highest BCUT2D eigenvalue weighted by Crippen LogP contribution is 2.09. The van der Waals surface area contributed by atoms with Gasteiger partial charge in [0.05, 0.1) is 24.8 Å². The van der Waals surface area contributed by atoms with Gasteiger partial charge in [-0.2, -0.15) is 13.7 Å². The van der Waals surface area contributed by atoms with E-state index in [1.165, 1.54) is 0 Å². The van der Waals surface area contributed by atoms with Gasteiger partial charge in [0.2, 0.25) is 0 Å². The summed E-state index contributed by atoms with van der Waals surface area (Å²) in [6.07, 6.45) is 1.47. The van der Waals surface area contributed by atoms with Crippen LogP contribution in [-0.4, -0.2) is 21.3 Å². The topological polar surface area (TPSA) is 67.2 Å². The molecule has 0 amide bonds. The molecule has 0 fully saturated rings. The Balaban J connectivity index is 2.54. The second-order valence-electron chi connectivity index (χ2n) is 3.50. The van der Waals surface area contributed by atoms with Crippen LogP contribution in [0.25, 0.3) is 0 Å². The lowest BCUT2D eigenvalue weighted by Gasteiger charge is -2.08. The molecule has 1 rings (SSSR count). The van der Waals surface area contributed by atoms with E-state index in [0.717, 1.165) is 11.8 Å². The maximum absolute atomic E-state index is 10.8. The van der Waals surface area contributed by atoms with Crippen molar-refractivity contribution in [2.45, 2.75) is 6.42 Å². The molecular formula is C11H13NO3S. The lowest BCUT2D eigenvalue weighted by Crippen LogP contribution is -2.14. The number of hydrogen-bond donors (Lipinski definition) is 0. The molecule has 0 spiro atoms. The number of rotatable bonds is 5. The molecule has 5 heteroatoms. The van der Waals surface area contributed by atoms with Gasteiger partial charge in [0.1, 0.15) is 0 Å². The first kappa shape index (κ1) is 12.7. The Kier molecular flexibility index (Phi) is 4.47. The lowest BCUT2D eigenvalue weighted by atomic mass is 10.0. The zero-order valence-electron chi connectivity index (χ0n) is 8.96. The average Bonchev–Trinajstić information content (AvgIpc) is 2.24. The summed E-state index contributed by atoms with van der Waals surface area (Å²) in [6, 6.07) is 11.5. The predicted octanol–water partition coefficient (Wildman–Crippen LogP) is 1.35. The third kappa shape index (κ3) is 4.91. The van der Waals surface area contributed by atoms with Crippen LogP contribution in [0.1, 0.15) is 5.56 Å². The molecule has 0 saturated carbocycles. The van der Waals surface area contributed by atoms with Crippen LogP contribution in [0.2, 0.25) is 0 Å². The van der Waals surface area contributed by atoms with Crippen LogP contribution in [0.15, 0.2) is 30.3 Å². The van der Waals surface area contributed by atoms with Gasteiger partial charge in [-0.1, -0.05) is 30.3 Å². The largest absolute Gasteiger partial charge is 0.269 e. The predicted molar refractivity (Wildman–Crippen MR) is 60.0 cm³/mol. The zero-order chi connectivity index (χ0) is 12.0. The van der Waals surface area contributed by atoms with Gasteiger partial charge in [0.25, 0.3) is 10.1 Å². The third-order valence-corrected chi connectivity index (χ3v) is 2.56. The van der Waals surface area contributed by atoms with Crippen LogP contribution in [-0.2, 0) is 20.7 Å². The fraction of sp³-hybridized carbons (Fsp3) is 0.364. The highest BCUT2D eigenvalue weighted by atomic mass is 32.2. The van der Waals surface area contributed by atoms with Crippen molar-refractivity contribution in [1.82, 2.24) is 0 Å². The maximum Gasteiger partial charge on any atom is 0.264 e. The number of hydrogen-bond acceptors (Lipinski definition) is 4. The Morgan fingerprint density at radius 2 is 2.00 bits per heavy atom. The quantitative estimate of drug-likeness (QED) is 0.727. The molecule has 0 aliphatic carbocycles. The van der Waals surface area contributed by atoms with Crippen molar-refractivity contribution in [1.29, 1.82) is 5.26 Å². The van der Waals surface area contributed by atoms with E-state index in [0.29, 0.717) is 6.42 Å². The molecule has 0 aliphatic heterocycles. The molecule has 0 heterocycles. The van der Waals surface area contributed by atoms with E-state index in [1.54, 1.807) is 0 Å². The smallest absolute Gasteiger partial charge is 0.264 e. The molecule has 0 bridgehead atoms. The molecule has 0 radical (unpaired) electrons. The summed E-state index contributed by atoms with van der Waals surface area (Å²) in [4.78, 5) is 0. The van der Waals surface area contributed by atoms with Crippen molar-refractivity contribution >= 4 is 10.1 Å². The first-order chi connectivity index (χ1) is 7.51. The molecule has 4 nitrogen and oxygen atoms in total. The van der Waals surface area contributed by atoms with E-state index in [4.69, 9.17) is 5.26 Å². The van der Waals surface area contributed by atoms with Crippen LogP contribution < -0.4 is 0 Å². The average molecular weight is 239 g/mol. The first-order valence-electron chi connectivity index (χ1n) is 4.79. The Morgan fingerprint density at radius 3 is 2.50 bits per heavy atom. The van der Waals surface area contributed by atoms with Gasteiger partial charge in [-0.3, -0.25) is 4.18 Å². The Labute approximate surface area is 95.6 Å². The van der Waals surface area contributed by atoms with Gasteiger partial charge in [0.15, 0.2) is 0 Å². The zero-order valence-corrected chi connectivity index (χ0v) is 9.78. The standard InChI is InChI=1S/C11H13NO3S/c1-16(13,14)15-9-11(8-12)7-10-5-3-2-4-6-10/h2-6,11H,7,9H2,1H3. The fourth-order valence-corrected chi connectivity index (χ4v) is 1.66. The summed E-state index contributed by atoms with van der Waals surface area (Å²) >= 11 is 0. The summed E-state index contributed by atoms with van der Waals surface area (Å²) < 4.78 is 26.1. The van der Waals surface area contributed by atoms with Gasteiger partial charge in [-0.25, -0.2) is 0 Å². The summed E-state index contributed by atoms with van der Waals surface area (Å²) in [5.41, 5.74) is 0.992. The van der Waals surface area contributed by atoms with Crippen LogP contribution in [0.5, 0.6) is 0 Å². The summed E-state index contributed by atoms with van der Waals surface area (Å²) in [5.74, 6) is -0.447. The molecule has 1 aromatic carbocycles. The number of nitrogens with zero attached hydrogens (tertiary/aromatic N) is 1. The molecule has 0 aliphatic rings. The van der Waals surface area contributed by atoms with Gasteiger partial charge < -0.3 is 0 Å². The molecule has 86 valence electrons. The van der Waals surface area contributed by atoms with Gasteiger partial charge >= 0.3 is 0 Å². The molecule has 0 N–H and O–H groups in total. The second kappa shape index (κ2) is 5.64. The Hall–Kier alpha value is -1.38. The van der Waals surface area contributed by atoms with E-state index in [1.807, 2.05) is 36.4 Å². The minimum Gasteiger partial charge on any atom is -0.269 e. The minimum atomic E-state index is -3.47. The van der Waals surface area contributed by atoms with Crippen LogP contribution in [0.4, 0.5) is 0 Å². The Bertz CT molecular complexity index is 462. The third-order valence-electron chi connectivity index (χ3n) is 1.99. The molecule has 1 aromatic rings. The highest BCUT2D eigenvalue weighted by molar-refractivity contribution is 7.85. The maximum atomic E-state index is 10.8. The SMILES string of the molecule is CS(=O)(=O)OCC(C#N)Cc1ccccc1. The normalized spacial score (nSPS) is 13.0. The van der Waals surface area contributed by atoms with Crippen molar-refractivity contribution in [3.63, 3.8) is 0 Å². The van der Waals surface area contributed by atoms with Crippen LogP contribution >= 0.6 is 0 Å². The number of benzene rings is 1. The van der Waals surface area contributed by atoms with E-state index in [2.05, 4.69) is 4.18 Å². The molecule has 16 heavy (non-hydrogen) atoms. The summed E-state index contributed by atoms with van der Waals surface area (Å²) in [6.45, 7) is -0.0930. The van der Waals surface area contributed by atoms with Crippen molar-refractivity contribution in [3.05, 3.63) is 35.9 Å². The van der Waals surface area contributed by atoms with Crippen molar-refractivity contribution in [2.75, 3.05) is 12.9 Å². The molecular weight excluding hydrogens is 226 g/mol. The van der Waals surface area contributed by atoms with Crippen LogP contribution in [0.3, 0.4) is 0 Å². The molecule has 1 atom stereocenters.